The van der Waals surface area contributed by atoms with Crippen LogP contribution in [0.15, 0.2) is 42.0 Å². The van der Waals surface area contributed by atoms with Gasteiger partial charge in [-0.25, -0.2) is 14.6 Å². The van der Waals surface area contributed by atoms with Gasteiger partial charge in [0, 0.05) is 28.6 Å². The van der Waals surface area contributed by atoms with Crippen LogP contribution in [0.4, 0.5) is 0 Å². The standard InChI is InChI=1S/C22H23N5O3S/c1-4-20-26-17(13-31-20)11-24-22(28)16-7-15-10-25-27(21(15)23-9-16)12-14-5-6-18(29-2)8-19(14)30-3/h5-10,13H,4,11-12H2,1-3H3,(H,24,28). The van der Waals surface area contributed by atoms with Crippen molar-refractivity contribution in [1.29, 1.82) is 0 Å². The van der Waals surface area contributed by atoms with Crippen LogP contribution in [-0.4, -0.2) is 39.9 Å². The molecular formula is C22H23N5O3S. The third kappa shape index (κ3) is 4.51. The second-order valence-electron chi connectivity index (χ2n) is 6.89. The molecule has 4 rings (SSSR count). The van der Waals surface area contributed by atoms with Gasteiger partial charge in [-0.1, -0.05) is 6.92 Å². The van der Waals surface area contributed by atoms with Gasteiger partial charge in [-0.05, 0) is 24.6 Å². The number of methoxy groups -OCH3 is 2. The Balaban J connectivity index is 1.49. The van der Waals surface area contributed by atoms with Crippen LogP contribution in [0.1, 0.15) is 33.5 Å². The number of hydrogen-bond acceptors (Lipinski definition) is 7. The first-order chi connectivity index (χ1) is 15.1. The van der Waals surface area contributed by atoms with Crippen molar-refractivity contribution < 1.29 is 14.3 Å². The lowest BCUT2D eigenvalue weighted by Gasteiger charge is -2.11. The van der Waals surface area contributed by atoms with Gasteiger partial charge in [0.2, 0.25) is 0 Å². The summed E-state index contributed by atoms with van der Waals surface area (Å²) in [4.78, 5) is 21.5. The molecule has 1 aromatic carbocycles. The number of amides is 1. The Kier molecular flexibility index (Phi) is 6.13. The van der Waals surface area contributed by atoms with E-state index in [1.54, 1.807) is 48.7 Å². The van der Waals surface area contributed by atoms with E-state index in [1.807, 2.05) is 23.6 Å². The largest absolute Gasteiger partial charge is 0.497 e. The molecule has 0 saturated carbocycles. The fourth-order valence-corrected chi connectivity index (χ4v) is 3.97. The molecule has 0 aliphatic heterocycles. The number of rotatable bonds is 8. The highest BCUT2D eigenvalue weighted by atomic mass is 32.1. The Bertz CT molecular complexity index is 1220. The highest BCUT2D eigenvalue weighted by Crippen LogP contribution is 2.26. The van der Waals surface area contributed by atoms with Crippen molar-refractivity contribution in [3.05, 3.63) is 63.9 Å². The van der Waals surface area contributed by atoms with Crippen LogP contribution < -0.4 is 14.8 Å². The van der Waals surface area contributed by atoms with E-state index in [0.717, 1.165) is 33.8 Å². The third-order valence-corrected chi connectivity index (χ3v) is 5.93. The molecule has 1 amide bonds. The Morgan fingerprint density at radius 1 is 1.19 bits per heavy atom. The Hall–Kier alpha value is -3.46. The molecule has 0 fully saturated rings. The molecule has 3 aromatic heterocycles. The minimum Gasteiger partial charge on any atom is -0.497 e. The first kappa shape index (κ1) is 20.8. The molecule has 0 aliphatic carbocycles. The number of fused-ring (bicyclic) bond motifs is 1. The van der Waals surface area contributed by atoms with E-state index in [1.165, 1.54) is 0 Å². The summed E-state index contributed by atoms with van der Waals surface area (Å²) < 4.78 is 12.5. The quantitative estimate of drug-likeness (QED) is 0.454. The number of aryl methyl sites for hydroxylation is 1. The first-order valence-corrected chi connectivity index (χ1v) is 10.7. The Morgan fingerprint density at radius 3 is 2.81 bits per heavy atom. The molecular weight excluding hydrogens is 414 g/mol. The molecule has 3 heterocycles. The van der Waals surface area contributed by atoms with Crippen molar-refractivity contribution in [2.75, 3.05) is 14.2 Å². The van der Waals surface area contributed by atoms with Gasteiger partial charge in [0.1, 0.15) is 11.5 Å². The predicted molar refractivity (Wildman–Crippen MR) is 119 cm³/mol. The zero-order valence-corrected chi connectivity index (χ0v) is 18.4. The summed E-state index contributed by atoms with van der Waals surface area (Å²) in [7, 11) is 3.24. The lowest BCUT2D eigenvalue weighted by Crippen LogP contribution is -2.23. The monoisotopic (exact) mass is 437 g/mol. The molecule has 1 N–H and O–H groups in total. The molecule has 0 spiro atoms. The van der Waals surface area contributed by atoms with Crippen LogP contribution in [0.2, 0.25) is 0 Å². The number of nitrogens with zero attached hydrogens (tertiary/aromatic N) is 4. The number of aromatic nitrogens is 4. The van der Waals surface area contributed by atoms with Gasteiger partial charge >= 0.3 is 0 Å². The van der Waals surface area contributed by atoms with Gasteiger partial charge in [-0.3, -0.25) is 4.79 Å². The average Bonchev–Trinajstić information content (AvgIpc) is 3.44. The van der Waals surface area contributed by atoms with Crippen LogP contribution in [0, 0.1) is 0 Å². The maximum Gasteiger partial charge on any atom is 0.253 e. The fourth-order valence-electron chi connectivity index (χ4n) is 3.22. The Labute approximate surface area is 183 Å². The van der Waals surface area contributed by atoms with Gasteiger partial charge in [-0.15, -0.1) is 11.3 Å². The van der Waals surface area contributed by atoms with E-state index < -0.39 is 0 Å². The van der Waals surface area contributed by atoms with Crippen LogP contribution in [-0.2, 0) is 19.5 Å². The summed E-state index contributed by atoms with van der Waals surface area (Å²) in [6.45, 7) is 2.94. The molecule has 4 aromatic rings. The van der Waals surface area contributed by atoms with E-state index in [0.29, 0.717) is 30.0 Å². The van der Waals surface area contributed by atoms with Gasteiger partial charge in [0.05, 0.1) is 49.8 Å². The van der Waals surface area contributed by atoms with Gasteiger partial charge in [0.15, 0.2) is 5.65 Å². The molecule has 0 radical (unpaired) electrons. The zero-order valence-electron chi connectivity index (χ0n) is 17.6. The van der Waals surface area contributed by atoms with Crippen LogP contribution in [0.5, 0.6) is 11.5 Å². The minimum absolute atomic E-state index is 0.190. The smallest absolute Gasteiger partial charge is 0.253 e. The number of pyridine rings is 1. The van der Waals surface area contributed by atoms with Crippen molar-refractivity contribution in [2.24, 2.45) is 0 Å². The Morgan fingerprint density at radius 2 is 2.06 bits per heavy atom. The SMILES string of the molecule is CCc1nc(CNC(=O)c2cnc3c(cnn3Cc3ccc(OC)cc3OC)c2)cs1. The van der Waals surface area contributed by atoms with E-state index in [9.17, 15) is 4.79 Å². The first-order valence-electron chi connectivity index (χ1n) is 9.85. The van der Waals surface area contributed by atoms with E-state index in [4.69, 9.17) is 9.47 Å². The number of carbonyl (C=O) groups is 1. The molecule has 160 valence electrons. The van der Waals surface area contributed by atoms with Crippen molar-refractivity contribution in [2.45, 2.75) is 26.4 Å². The van der Waals surface area contributed by atoms with Gasteiger partial charge in [-0.2, -0.15) is 5.10 Å². The van der Waals surface area contributed by atoms with Crippen LogP contribution in [0.25, 0.3) is 11.0 Å². The molecule has 8 nitrogen and oxygen atoms in total. The second kappa shape index (κ2) is 9.13. The van der Waals surface area contributed by atoms with Crippen molar-refractivity contribution in [3.8, 4) is 11.5 Å². The summed E-state index contributed by atoms with van der Waals surface area (Å²) in [5, 5.41) is 11.2. The number of ether oxygens (including phenoxy) is 2. The van der Waals surface area contributed by atoms with Gasteiger partial charge < -0.3 is 14.8 Å². The second-order valence-corrected chi connectivity index (χ2v) is 7.83. The molecule has 0 unspecified atom stereocenters. The highest BCUT2D eigenvalue weighted by molar-refractivity contribution is 7.09. The number of thiazole rings is 1. The summed E-state index contributed by atoms with van der Waals surface area (Å²) >= 11 is 1.61. The van der Waals surface area contributed by atoms with Crippen LogP contribution in [0.3, 0.4) is 0 Å². The molecule has 31 heavy (non-hydrogen) atoms. The fraction of sp³-hybridized carbons (Fsp3) is 0.273. The number of nitrogens with one attached hydrogen (secondary N) is 1. The molecule has 0 atom stereocenters. The lowest BCUT2D eigenvalue weighted by molar-refractivity contribution is 0.0950. The van der Waals surface area contributed by atoms with E-state index in [2.05, 4.69) is 27.3 Å². The number of benzene rings is 1. The summed E-state index contributed by atoms with van der Waals surface area (Å²) in [5.41, 5.74) is 3.00. The molecule has 0 saturated heterocycles. The topological polar surface area (TPSA) is 91.2 Å². The zero-order chi connectivity index (χ0) is 21.8. The third-order valence-electron chi connectivity index (χ3n) is 4.88. The van der Waals surface area contributed by atoms with Crippen LogP contribution >= 0.6 is 11.3 Å². The summed E-state index contributed by atoms with van der Waals surface area (Å²) in [5.74, 6) is 1.25. The predicted octanol–water partition coefficient (Wildman–Crippen LogP) is 3.45. The van der Waals surface area contributed by atoms with Crippen molar-refractivity contribution in [1.82, 2.24) is 25.1 Å². The summed E-state index contributed by atoms with van der Waals surface area (Å²) in [6, 6.07) is 7.45. The van der Waals surface area contributed by atoms with Crippen molar-refractivity contribution >= 4 is 28.3 Å². The molecule has 0 aliphatic rings. The average molecular weight is 438 g/mol. The van der Waals surface area contributed by atoms with E-state index >= 15 is 0 Å². The van der Waals surface area contributed by atoms with E-state index in [-0.39, 0.29) is 5.91 Å². The van der Waals surface area contributed by atoms with Crippen molar-refractivity contribution in [3.63, 3.8) is 0 Å². The maximum atomic E-state index is 12.5. The number of carbonyl (C=O) groups excluding carboxylic acids is 1. The number of hydrogen-bond donors (Lipinski definition) is 1. The highest BCUT2D eigenvalue weighted by Gasteiger charge is 2.13. The molecule has 0 bridgehead atoms. The lowest BCUT2D eigenvalue weighted by atomic mass is 10.2. The summed E-state index contributed by atoms with van der Waals surface area (Å²) in [6.07, 6.45) is 4.17. The maximum absolute atomic E-state index is 12.5. The normalized spacial score (nSPS) is 10.9. The molecule has 9 heteroatoms. The minimum atomic E-state index is -0.190. The van der Waals surface area contributed by atoms with Gasteiger partial charge in [0.25, 0.3) is 5.91 Å².